The van der Waals surface area contributed by atoms with Gasteiger partial charge in [-0.2, -0.15) is 0 Å². The molecule has 2 heterocycles. The number of hydrogen-bond donors (Lipinski definition) is 1. The minimum absolute atomic E-state index is 0.201. The zero-order valence-corrected chi connectivity index (χ0v) is 16.2. The van der Waals surface area contributed by atoms with Crippen LogP contribution in [0, 0.1) is 3.57 Å². The molecule has 0 aliphatic rings. The first kappa shape index (κ1) is 17.7. The first-order valence-corrected chi connectivity index (χ1v) is 9.62. The number of rotatable bonds is 5. The largest absolute Gasteiger partial charge is 0.451 e. The van der Waals surface area contributed by atoms with Crippen molar-refractivity contribution in [2.75, 3.05) is 18.2 Å². The Bertz CT molecular complexity index is 925. The van der Waals surface area contributed by atoms with Crippen LogP contribution in [-0.2, 0) is 9.53 Å². The van der Waals surface area contributed by atoms with Crippen LogP contribution in [0.4, 0.5) is 5.69 Å². The van der Waals surface area contributed by atoms with Gasteiger partial charge >= 0.3 is 5.97 Å². The standard InChI is InChI=1S/C17H14IN3O3S/c1-25-17-20-15(13-4-2-3-9-21(13)17)16(23)24-10-14(22)19-12-7-5-11(18)6-8-12/h2-9H,10H2,1H3,(H,19,22). The normalized spacial score (nSPS) is 10.6. The summed E-state index contributed by atoms with van der Waals surface area (Å²) in [5.41, 5.74) is 1.50. The molecular weight excluding hydrogens is 453 g/mol. The second kappa shape index (κ2) is 7.87. The number of aromatic nitrogens is 2. The molecule has 0 unspecified atom stereocenters. The zero-order valence-electron chi connectivity index (χ0n) is 13.2. The number of halogens is 1. The molecule has 1 N–H and O–H groups in total. The van der Waals surface area contributed by atoms with E-state index in [0.717, 1.165) is 3.57 Å². The molecule has 128 valence electrons. The monoisotopic (exact) mass is 467 g/mol. The van der Waals surface area contributed by atoms with E-state index >= 15 is 0 Å². The molecule has 1 amide bonds. The number of pyridine rings is 1. The maximum absolute atomic E-state index is 12.3. The number of thioether (sulfide) groups is 1. The Morgan fingerprint density at radius 3 is 2.72 bits per heavy atom. The van der Waals surface area contributed by atoms with Gasteiger partial charge in [-0.25, -0.2) is 9.78 Å². The van der Waals surface area contributed by atoms with Crippen molar-refractivity contribution in [2.24, 2.45) is 0 Å². The molecule has 6 nitrogen and oxygen atoms in total. The molecule has 0 spiro atoms. The minimum Gasteiger partial charge on any atom is -0.451 e. The van der Waals surface area contributed by atoms with Crippen LogP contribution in [0.3, 0.4) is 0 Å². The number of hydrogen-bond acceptors (Lipinski definition) is 5. The fraction of sp³-hybridized carbons (Fsp3) is 0.118. The van der Waals surface area contributed by atoms with E-state index in [9.17, 15) is 9.59 Å². The number of esters is 1. The highest BCUT2D eigenvalue weighted by molar-refractivity contribution is 14.1. The molecule has 8 heteroatoms. The minimum atomic E-state index is -0.623. The predicted molar refractivity (Wildman–Crippen MR) is 105 cm³/mol. The third-order valence-electron chi connectivity index (χ3n) is 3.35. The molecule has 0 radical (unpaired) electrons. The lowest BCUT2D eigenvalue weighted by molar-refractivity contribution is -0.119. The van der Waals surface area contributed by atoms with E-state index in [0.29, 0.717) is 16.4 Å². The van der Waals surface area contributed by atoms with Crippen molar-refractivity contribution in [3.05, 3.63) is 57.9 Å². The number of benzene rings is 1. The molecule has 2 aromatic heterocycles. The third kappa shape index (κ3) is 4.13. The van der Waals surface area contributed by atoms with Crippen LogP contribution >= 0.6 is 34.4 Å². The zero-order chi connectivity index (χ0) is 17.8. The average molecular weight is 467 g/mol. The van der Waals surface area contributed by atoms with Crippen molar-refractivity contribution < 1.29 is 14.3 Å². The number of fused-ring (bicyclic) bond motifs is 1. The number of imidazole rings is 1. The fourth-order valence-corrected chi connectivity index (χ4v) is 3.13. The summed E-state index contributed by atoms with van der Waals surface area (Å²) in [7, 11) is 0. The van der Waals surface area contributed by atoms with Crippen LogP contribution in [0.5, 0.6) is 0 Å². The van der Waals surface area contributed by atoms with Crippen LogP contribution < -0.4 is 5.32 Å². The van der Waals surface area contributed by atoms with Gasteiger partial charge in [-0.3, -0.25) is 9.20 Å². The van der Waals surface area contributed by atoms with Gasteiger partial charge in [0.15, 0.2) is 17.5 Å². The van der Waals surface area contributed by atoms with Gasteiger partial charge in [-0.1, -0.05) is 17.8 Å². The lowest BCUT2D eigenvalue weighted by Gasteiger charge is -2.06. The highest BCUT2D eigenvalue weighted by Gasteiger charge is 2.19. The number of ether oxygens (including phenoxy) is 1. The Hall–Kier alpha value is -2.07. The van der Waals surface area contributed by atoms with E-state index in [4.69, 9.17) is 4.74 Å². The summed E-state index contributed by atoms with van der Waals surface area (Å²) in [5.74, 6) is -1.02. The van der Waals surface area contributed by atoms with Crippen LogP contribution in [0.15, 0.2) is 53.8 Å². The summed E-state index contributed by atoms with van der Waals surface area (Å²) in [4.78, 5) is 28.5. The SMILES string of the molecule is CSc1nc(C(=O)OCC(=O)Nc2ccc(I)cc2)c2ccccn12. The van der Waals surface area contributed by atoms with E-state index in [1.807, 2.05) is 41.1 Å². The third-order valence-corrected chi connectivity index (χ3v) is 4.73. The number of amides is 1. The van der Waals surface area contributed by atoms with Gasteiger partial charge in [-0.15, -0.1) is 0 Å². The molecule has 0 aliphatic carbocycles. The second-order valence-electron chi connectivity index (χ2n) is 5.03. The molecule has 25 heavy (non-hydrogen) atoms. The van der Waals surface area contributed by atoms with Crippen molar-refractivity contribution >= 4 is 57.4 Å². The maximum Gasteiger partial charge on any atom is 0.359 e. The summed E-state index contributed by atoms with van der Waals surface area (Å²) in [6, 6.07) is 12.8. The highest BCUT2D eigenvalue weighted by atomic mass is 127. The molecular formula is C17H14IN3O3S. The Balaban J connectivity index is 1.66. The first-order chi connectivity index (χ1) is 12.1. The van der Waals surface area contributed by atoms with Crippen molar-refractivity contribution in [3.63, 3.8) is 0 Å². The molecule has 3 aromatic rings. The van der Waals surface area contributed by atoms with Crippen molar-refractivity contribution in [1.82, 2.24) is 9.38 Å². The smallest absolute Gasteiger partial charge is 0.359 e. The van der Waals surface area contributed by atoms with Gasteiger partial charge in [0.25, 0.3) is 5.91 Å². The molecule has 0 saturated carbocycles. The van der Waals surface area contributed by atoms with E-state index in [-0.39, 0.29) is 12.3 Å². The molecule has 0 bridgehead atoms. The van der Waals surface area contributed by atoms with Crippen LogP contribution in [0.2, 0.25) is 0 Å². The van der Waals surface area contributed by atoms with Crippen LogP contribution in [-0.4, -0.2) is 34.1 Å². The summed E-state index contributed by atoms with van der Waals surface area (Å²) in [5, 5.41) is 3.37. The van der Waals surface area contributed by atoms with E-state index < -0.39 is 11.9 Å². The maximum atomic E-state index is 12.3. The van der Waals surface area contributed by atoms with Gasteiger partial charge < -0.3 is 10.1 Å². The van der Waals surface area contributed by atoms with Gasteiger partial charge in [0.2, 0.25) is 0 Å². The number of anilines is 1. The number of carbonyl (C=O) groups excluding carboxylic acids is 2. The Morgan fingerprint density at radius 1 is 1.24 bits per heavy atom. The summed E-state index contributed by atoms with van der Waals surface area (Å²) in [6.45, 7) is -0.370. The topological polar surface area (TPSA) is 72.7 Å². The predicted octanol–water partition coefficient (Wildman–Crippen LogP) is 3.46. The fourth-order valence-electron chi connectivity index (χ4n) is 2.23. The van der Waals surface area contributed by atoms with Gasteiger partial charge in [0.1, 0.15) is 0 Å². The van der Waals surface area contributed by atoms with Gasteiger partial charge in [0.05, 0.1) is 5.52 Å². The molecule has 1 aromatic carbocycles. The van der Waals surface area contributed by atoms with Crippen LogP contribution in [0.25, 0.3) is 5.52 Å². The lowest BCUT2D eigenvalue weighted by Crippen LogP contribution is -2.21. The Labute approximate surface area is 162 Å². The van der Waals surface area contributed by atoms with Gasteiger partial charge in [-0.05, 0) is 65.2 Å². The lowest BCUT2D eigenvalue weighted by atomic mass is 10.3. The molecule has 0 aliphatic heterocycles. The Kier molecular flexibility index (Phi) is 5.59. The van der Waals surface area contributed by atoms with Crippen molar-refractivity contribution in [1.29, 1.82) is 0 Å². The average Bonchev–Trinajstić information content (AvgIpc) is 3.00. The molecule has 0 fully saturated rings. The highest BCUT2D eigenvalue weighted by Crippen LogP contribution is 2.20. The second-order valence-corrected chi connectivity index (χ2v) is 7.05. The van der Waals surface area contributed by atoms with E-state index in [2.05, 4.69) is 32.9 Å². The quantitative estimate of drug-likeness (QED) is 0.354. The molecule has 0 atom stereocenters. The van der Waals surface area contributed by atoms with Gasteiger partial charge in [0, 0.05) is 15.5 Å². The van der Waals surface area contributed by atoms with E-state index in [1.54, 1.807) is 18.2 Å². The van der Waals surface area contributed by atoms with E-state index in [1.165, 1.54) is 11.8 Å². The number of carbonyl (C=O) groups is 2. The van der Waals surface area contributed by atoms with Crippen molar-refractivity contribution in [3.8, 4) is 0 Å². The first-order valence-electron chi connectivity index (χ1n) is 7.32. The summed E-state index contributed by atoms with van der Waals surface area (Å²) in [6.07, 6.45) is 3.71. The molecule has 3 rings (SSSR count). The summed E-state index contributed by atoms with van der Waals surface area (Å²) < 4.78 is 7.99. The number of nitrogens with one attached hydrogen (secondary N) is 1. The summed E-state index contributed by atoms with van der Waals surface area (Å²) >= 11 is 3.61. The van der Waals surface area contributed by atoms with Crippen LogP contribution in [0.1, 0.15) is 10.5 Å². The number of nitrogens with zero attached hydrogens (tertiary/aromatic N) is 2. The Morgan fingerprint density at radius 2 is 2.00 bits per heavy atom. The molecule has 0 saturated heterocycles. The van der Waals surface area contributed by atoms with Crippen molar-refractivity contribution in [2.45, 2.75) is 5.16 Å².